The standard InChI is InChI=1S/C28H29N5O4/c1-33(2)13-14-36-27-17-30-24-11-10-23(22(16-29)28(24)32-27)31-20-7-12-25(26(15-20)35-4)37-18-19-5-8-21(34-3)9-6-19/h5-12,15,17,31H,13-14,18H2,1-4H3. The lowest BCUT2D eigenvalue weighted by atomic mass is 10.1. The number of nitrogens with zero attached hydrogens (tertiary/aromatic N) is 4. The highest BCUT2D eigenvalue weighted by molar-refractivity contribution is 5.88. The summed E-state index contributed by atoms with van der Waals surface area (Å²) in [7, 11) is 7.16. The van der Waals surface area contributed by atoms with E-state index in [0.29, 0.717) is 52.9 Å². The molecule has 190 valence electrons. The number of methoxy groups -OCH3 is 2. The Morgan fingerprint density at radius 3 is 2.46 bits per heavy atom. The topological polar surface area (TPSA) is 102 Å². The summed E-state index contributed by atoms with van der Waals surface area (Å²) in [6.45, 7) is 1.60. The largest absolute Gasteiger partial charge is 0.497 e. The van der Waals surface area contributed by atoms with Crippen LogP contribution < -0.4 is 24.3 Å². The maximum absolute atomic E-state index is 9.93. The van der Waals surface area contributed by atoms with E-state index in [-0.39, 0.29) is 0 Å². The van der Waals surface area contributed by atoms with E-state index in [2.05, 4.69) is 21.4 Å². The van der Waals surface area contributed by atoms with Gasteiger partial charge in [-0.15, -0.1) is 0 Å². The van der Waals surface area contributed by atoms with E-state index in [1.165, 1.54) is 0 Å². The molecule has 0 saturated carbocycles. The van der Waals surface area contributed by atoms with E-state index >= 15 is 0 Å². The molecule has 0 bridgehead atoms. The Kier molecular flexibility index (Phi) is 8.23. The molecule has 0 radical (unpaired) electrons. The zero-order chi connectivity index (χ0) is 26.2. The number of rotatable bonds is 11. The highest BCUT2D eigenvalue weighted by Crippen LogP contribution is 2.34. The molecule has 0 unspecified atom stereocenters. The van der Waals surface area contributed by atoms with Crippen LogP contribution >= 0.6 is 0 Å². The summed E-state index contributed by atoms with van der Waals surface area (Å²) in [5.74, 6) is 2.34. The lowest BCUT2D eigenvalue weighted by Gasteiger charge is -2.15. The number of fused-ring (bicyclic) bond motifs is 1. The van der Waals surface area contributed by atoms with Crippen LogP contribution in [0.2, 0.25) is 0 Å². The number of hydrogen-bond donors (Lipinski definition) is 1. The number of aromatic nitrogens is 2. The molecule has 0 aliphatic rings. The number of hydrogen-bond acceptors (Lipinski definition) is 9. The molecule has 9 heteroatoms. The van der Waals surface area contributed by atoms with E-state index in [1.807, 2.05) is 73.6 Å². The van der Waals surface area contributed by atoms with Gasteiger partial charge in [-0.25, -0.2) is 9.97 Å². The van der Waals surface area contributed by atoms with E-state index in [1.54, 1.807) is 20.4 Å². The molecule has 1 N–H and O–H groups in total. The Bertz CT molecular complexity index is 1400. The molecule has 0 amide bonds. The first kappa shape index (κ1) is 25.5. The van der Waals surface area contributed by atoms with Crippen molar-refractivity contribution >= 4 is 22.4 Å². The Labute approximate surface area is 216 Å². The average Bonchev–Trinajstić information content (AvgIpc) is 2.92. The third kappa shape index (κ3) is 6.37. The van der Waals surface area contributed by atoms with Crippen molar-refractivity contribution in [2.24, 2.45) is 0 Å². The van der Waals surface area contributed by atoms with Crippen LogP contribution in [0.3, 0.4) is 0 Å². The van der Waals surface area contributed by atoms with Gasteiger partial charge in [0.25, 0.3) is 0 Å². The van der Waals surface area contributed by atoms with Crippen molar-refractivity contribution < 1.29 is 18.9 Å². The molecule has 0 fully saturated rings. The Morgan fingerprint density at radius 2 is 1.76 bits per heavy atom. The summed E-state index contributed by atoms with van der Waals surface area (Å²) in [5, 5.41) is 13.2. The molecule has 0 aliphatic heterocycles. The Hall–Kier alpha value is -4.55. The first-order valence-electron chi connectivity index (χ1n) is 11.7. The first-order valence-corrected chi connectivity index (χ1v) is 11.7. The number of nitrogens with one attached hydrogen (secondary N) is 1. The van der Waals surface area contributed by atoms with Crippen molar-refractivity contribution in [2.45, 2.75) is 6.61 Å². The van der Waals surface area contributed by atoms with Crippen LogP contribution in [-0.2, 0) is 6.61 Å². The van der Waals surface area contributed by atoms with Crippen LogP contribution in [0.4, 0.5) is 11.4 Å². The van der Waals surface area contributed by atoms with E-state index < -0.39 is 0 Å². The highest BCUT2D eigenvalue weighted by Gasteiger charge is 2.13. The van der Waals surface area contributed by atoms with Crippen molar-refractivity contribution in [1.82, 2.24) is 14.9 Å². The van der Waals surface area contributed by atoms with Gasteiger partial charge in [0.05, 0.1) is 31.6 Å². The highest BCUT2D eigenvalue weighted by atomic mass is 16.5. The SMILES string of the molecule is COc1ccc(COc2ccc(Nc3ccc4ncc(OCCN(C)C)nc4c3C#N)cc2OC)cc1. The first-order chi connectivity index (χ1) is 18.0. The molecule has 0 aliphatic carbocycles. The van der Waals surface area contributed by atoms with Gasteiger partial charge in [0.15, 0.2) is 11.5 Å². The molecule has 0 spiro atoms. The smallest absolute Gasteiger partial charge is 0.232 e. The van der Waals surface area contributed by atoms with E-state index in [4.69, 9.17) is 18.9 Å². The molecule has 4 aromatic rings. The van der Waals surface area contributed by atoms with Crippen molar-refractivity contribution in [1.29, 1.82) is 5.26 Å². The third-order valence-corrected chi connectivity index (χ3v) is 5.59. The second kappa shape index (κ2) is 11.9. The van der Waals surface area contributed by atoms with Gasteiger partial charge in [-0.3, -0.25) is 0 Å². The van der Waals surface area contributed by atoms with Crippen molar-refractivity contribution in [2.75, 3.05) is 46.8 Å². The molecule has 9 nitrogen and oxygen atoms in total. The maximum atomic E-state index is 9.93. The number of likely N-dealkylation sites (N-methyl/N-ethyl adjacent to an activating group) is 1. The molecular weight excluding hydrogens is 470 g/mol. The fourth-order valence-electron chi connectivity index (χ4n) is 3.58. The van der Waals surface area contributed by atoms with Crippen LogP contribution in [0.5, 0.6) is 23.1 Å². The second-order valence-electron chi connectivity index (χ2n) is 8.46. The molecule has 0 atom stereocenters. The molecule has 1 aromatic heterocycles. The quantitative estimate of drug-likeness (QED) is 0.312. The van der Waals surface area contributed by atoms with Gasteiger partial charge in [0, 0.05) is 18.3 Å². The minimum Gasteiger partial charge on any atom is -0.497 e. The summed E-state index contributed by atoms with van der Waals surface area (Å²) >= 11 is 0. The van der Waals surface area contributed by atoms with Gasteiger partial charge < -0.3 is 29.2 Å². The second-order valence-corrected chi connectivity index (χ2v) is 8.46. The van der Waals surface area contributed by atoms with Crippen LogP contribution in [0, 0.1) is 11.3 Å². The predicted molar refractivity (Wildman–Crippen MR) is 142 cm³/mol. The van der Waals surface area contributed by atoms with Gasteiger partial charge in [0.1, 0.15) is 36.1 Å². The number of anilines is 2. The van der Waals surface area contributed by atoms with Gasteiger partial charge in [-0.2, -0.15) is 5.26 Å². The van der Waals surface area contributed by atoms with E-state index in [0.717, 1.165) is 23.5 Å². The predicted octanol–water partition coefficient (Wildman–Crippen LogP) is 4.78. The lowest BCUT2D eigenvalue weighted by molar-refractivity contribution is 0.254. The van der Waals surface area contributed by atoms with Crippen molar-refractivity contribution in [3.8, 4) is 29.2 Å². The van der Waals surface area contributed by atoms with Crippen LogP contribution in [0.25, 0.3) is 11.0 Å². The van der Waals surface area contributed by atoms with Gasteiger partial charge in [-0.05, 0) is 56.1 Å². The van der Waals surface area contributed by atoms with E-state index in [9.17, 15) is 5.26 Å². The molecule has 0 saturated heterocycles. The van der Waals surface area contributed by atoms with Gasteiger partial charge in [0.2, 0.25) is 5.88 Å². The summed E-state index contributed by atoms with van der Waals surface area (Å²) in [5.41, 5.74) is 3.80. The van der Waals surface area contributed by atoms with Crippen molar-refractivity contribution in [3.63, 3.8) is 0 Å². The fourth-order valence-corrected chi connectivity index (χ4v) is 3.58. The summed E-state index contributed by atoms with van der Waals surface area (Å²) in [4.78, 5) is 11.0. The lowest BCUT2D eigenvalue weighted by Crippen LogP contribution is -2.19. The minimum atomic E-state index is 0.377. The molecular formula is C28H29N5O4. The third-order valence-electron chi connectivity index (χ3n) is 5.59. The number of benzene rings is 3. The van der Waals surface area contributed by atoms with Crippen LogP contribution in [0.15, 0.2) is 60.8 Å². The monoisotopic (exact) mass is 499 g/mol. The minimum absolute atomic E-state index is 0.377. The summed E-state index contributed by atoms with van der Waals surface area (Å²) < 4.78 is 22.4. The van der Waals surface area contributed by atoms with Gasteiger partial charge in [-0.1, -0.05) is 12.1 Å². The van der Waals surface area contributed by atoms with Gasteiger partial charge >= 0.3 is 0 Å². The zero-order valence-electron chi connectivity index (χ0n) is 21.3. The average molecular weight is 500 g/mol. The number of ether oxygens (including phenoxy) is 4. The molecule has 3 aromatic carbocycles. The normalized spacial score (nSPS) is 10.7. The van der Waals surface area contributed by atoms with Crippen molar-refractivity contribution in [3.05, 3.63) is 71.9 Å². The Morgan fingerprint density at radius 1 is 0.946 bits per heavy atom. The molecule has 4 rings (SSSR count). The zero-order valence-corrected chi connectivity index (χ0v) is 21.3. The van der Waals surface area contributed by atoms with Crippen LogP contribution in [0.1, 0.15) is 11.1 Å². The summed E-state index contributed by atoms with van der Waals surface area (Å²) in [6.07, 6.45) is 1.57. The Balaban J connectivity index is 1.52. The molecule has 1 heterocycles. The summed E-state index contributed by atoms with van der Waals surface area (Å²) in [6, 6.07) is 19.1. The number of nitriles is 1. The molecule has 37 heavy (non-hydrogen) atoms. The van der Waals surface area contributed by atoms with Crippen LogP contribution in [-0.4, -0.2) is 56.3 Å². The maximum Gasteiger partial charge on any atom is 0.232 e. The fraction of sp³-hybridized carbons (Fsp3) is 0.250.